The van der Waals surface area contributed by atoms with E-state index in [1.165, 1.54) is 6.42 Å². The smallest absolute Gasteiger partial charge is 0.0287 e. The van der Waals surface area contributed by atoms with E-state index >= 15 is 0 Å². The van der Waals surface area contributed by atoms with Gasteiger partial charge in [-0.05, 0) is 26.9 Å². The topological polar surface area (TPSA) is 24.1 Å². The molecule has 1 aliphatic rings. The van der Waals surface area contributed by atoms with Gasteiger partial charge in [-0.3, -0.25) is 0 Å². The van der Waals surface area contributed by atoms with Crippen LogP contribution in [0.2, 0.25) is 0 Å². The van der Waals surface area contributed by atoms with Crippen LogP contribution in [0.5, 0.6) is 0 Å². The standard InChI is InChI=1S/C6H14N2.C2H6.H2/c1-6(7-2)3-4-8-5-6;1-2;/h7-8H,3-5H2,1-2H3;1-2H3;1H. The van der Waals surface area contributed by atoms with Crippen LogP contribution in [-0.2, 0) is 0 Å². The Morgan fingerprint density at radius 2 is 2.10 bits per heavy atom. The fourth-order valence-corrected chi connectivity index (χ4v) is 1.03. The molecule has 2 heteroatoms. The molecule has 0 amide bonds. The van der Waals surface area contributed by atoms with E-state index in [-0.39, 0.29) is 1.43 Å². The number of hydrogen-bond donors (Lipinski definition) is 2. The van der Waals surface area contributed by atoms with E-state index in [1.807, 2.05) is 20.9 Å². The number of nitrogens with one attached hydrogen (secondary N) is 2. The van der Waals surface area contributed by atoms with E-state index in [0.29, 0.717) is 5.54 Å². The monoisotopic (exact) mass is 146 g/mol. The van der Waals surface area contributed by atoms with Crippen molar-refractivity contribution in [3.05, 3.63) is 0 Å². The molecule has 1 aliphatic heterocycles. The Labute approximate surface area is 65.9 Å². The van der Waals surface area contributed by atoms with Crippen LogP contribution < -0.4 is 10.6 Å². The zero-order valence-electron chi connectivity index (χ0n) is 7.62. The van der Waals surface area contributed by atoms with Gasteiger partial charge in [-0.2, -0.15) is 0 Å². The largest absolute Gasteiger partial charge is 0.315 e. The van der Waals surface area contributed by atoms with Crippen molar-refractivity contribution in [2.75, 3.05) is 20.1 Å². The second kappa shape index (κ2) is 4.69. The normalized spacial score (nSPS) is 31.2. The molecule has 0 radical (unpaired) electrons. The molecule has 1 atom stereocenters. The molecule has 0 aromatic heterocycles. The van der Waals surface area contributed by atoms with Crippen LogP contribution in [0.4, 0.5) is 0 Å². The summed E-state index contributed by atoms with van der Waals surface area (Å²) in [6, 6.07) is 0. The molecule has 0 spiro atoms. The van der Waals surface area contributed by atoms with Gasteiger partial charge < -0.3 is 10.6 Å². The first-order valence-electron chi connectivity index (χ1n) is 4.16. The summed E-state index contributed by atoms with van der Waals surface area (Å²) in [7, 11) is 2.02. The van der Waals surface area contributed by atoms with Crippen molar-refractivity contribution >= 4 is 0 Å². The third-order valence-electron chi connectivity index (χ3n) is 1.97. The molecule has 2 nitrogen and oxygen atoms in total. The Kier molecular flexibility index (Phi) is 4.65. The van der Waals surface area contributed by atoms with E-state index in [1.54, 1.807) is 0 Å². The lowest BCUT2D eigenvalue weighted by atomic mass is 10.0. The van der Waals surface area contributed by atoms with Gasteiger partial charge in [0, 0.05) is 13.5 Å². The zero-order chi connectivity index (χ0) is 8.04. The first kappa shape index (κ1) is 9.92. The van der Waals surface area contributed by atoms with E-state index < -0.39 is 0 Å². The van der Waals surface area contributed by atoms with Crippen LogP contribution in [-0.4, -0.2) is 25.7 Å². The lowest BCUT2D eigenvalue weighted by Crippen LogP contribution is -2.41. The van der Waals surface area contributed by atoms with Gasteiger partial charge in [0.25, 0.3) is 0 Å². The molecule has 1 saturated heterocycles. The summed E-state index contributed by atoms with van der Waals surface area (Å²) < 4.78 is 0. The minimum Gasteiger partial charge on any atom is -0.315 e. The molecule has 64 valence electrons. The third-order valence-corrected chi connectivity index (χ3v) is 1.97. The van der Waals surface area contributed by atoms with E-state index in [0.717, 1.165) is 13.1 Å². The molecule has 1 heterocycles. The lowest BCUT2D eigenvalue weighted by Gasteiger charge is -2.20. The molecule has 0 saturated carbocycles. The Bertz CT molecular complexity index is 80.2. The highest BCUT2D eigenvalue weighted by atomic mass is 15.1. The van der Waals surface area contributed by atoms with Crippen molar-refractivity contribution in [2.45, 2.75) is 32.7 Å². The predicted octanol–water partition coefficient (Wildman–Crippen LogP) is 1.23. The van der Waals surface area contributed by atoms with Crippen LogP contribution in [0.1, 0.15) is 28.6 Å². The van der Waals surface area contributed by atoms with Crippen LogP contribution in [0, 0.1) is 0 Å². The van der Waals surface area contributed by atoms with Gasteiger partial charge >= 0.3 is 0 Å². The summed E-state index contributed by atoms with van der Waals surface area (Å²) in [6.45, 7) is 8.52. The van der Waals surface area contributed by atoms with Crippen molar-refractivity contribution < 1.29 is 1.43 Å². The van der Waals surface area contributed by atoms with Crippen molar-refractivity contribution in [1.29, 1.82) is 0 Å². The summed E-state index contributed by atoms with van der Waals surface area (Å²) in [4.78, 5) is 0. The fraction of sp³-hybridized carbons (Fsp3) is 1.00. The van der Waals surface area contributed by atoms with Crippen molar-refractivity contribution in [3.8, 4) is 0 Å². The van der Waals surface area contributed by atoms with E-state index in [4.69, 9.17) is 0 Å². The molecule has 1 unspecified atom stereocenters. The van der Waals surface area contributed by atoms with Gasteiger partial charge in [-0.25, -0.2) is 0 Å². The van der Waals surface area contributed by atoms with Crippen LogP contribution in [0.15, 0.2) is 0 Å². The highest BCUT2D eigenvalue weighted by molar-refractivity contribution is 4.89. The van der Waals surface area contributed by atoms with Crippen molar-refractivity contribution in [3.63, 3.8) is 0 Å². The van der Waals surface area contributed by atoms with Gasteiger partial charge in [0.2, 0.25) is 0 Å². The molecule has 0 aromatic rings. The maximum atomic E-state index is 3.30. The number of rotatable bonds is 1. The summed E-state index contributed by atoms with van der Waals surface area (Å²) in [5, 5.41) is 6.58. The van der Waals surface area contributed by atoms with Gasteiger partial charge in [-0.15, -0.1) is 0 Å². The Balaban J connectivity index is 0. The van der Waals surface area contributed by atoms with Gasteiger partial charge in [0.1, 0.15) is 0 Å². The molecule has 2 N–H and O–H groups in total. The molecule has 0 aromatic carbocycles. The summed E-state index contributed by atoms with van der Waals surface area (Å²) in [6.07, 6.45) is 1.25. The Morgan fingerprint density at radius 1 is 1.50 bits per heavy atom. The number of hydrogen-bond acceptors (Lipinski definition) is 2. The highest BCUT2D eigenvalue weighted by Crippen LogP contribution is 2.10. The zero-order valence-corrected chi connectivity index (χ0v) is 7.62. The second-order valence-electron chi connectivity index (χ2n) is 2.74. The summed E-state index contributed by atoms with van der Waals surface area (Å²) >= 11 is 0. The van der Waals surface area contributed by atoms with Gasteiger partial charge in [-0.1, -0.05) is 13.8 Å². The quantitative estimate of drug-likeness (QED) is 0.581. The second-order valence-corrected chi connectivity index (χ2v) is 2.74. The highest BCUT2D eigenvalue weighted by Gasteiger charge is 2.25. The van der Waals surface area contributed by atoms with Crippen molar-refractivity contribution in [2.24, 2.45) is 0 Å². The van der Waals surface area contributed by atoms with Crippen molar-refractivity contribution in [1.82, 2.24) is 10.6 Å². The minimum atomic E-state index is 0. The first-order valence-corrected chi connectivity index (χ1v) is 4.16. The van der Waals surface area contributed by atoms with Crippen LogP contribution in [0.25, 0.3) is 0 Å². The molecular weight excluding hydrogens is 124 g/mol. The van der Waals surface area contributed by atoms with Crippen LogP contribution >= 0.6 is 0 Å². The average molecular weight is 146 g/mol. The lowest BCUT2D eigenvalue weighted by molar-refractivity contribution is 0.424. The van der Waals surface area contributed by atoms with Gasteiger partial charge in [0.05, 0.1) is 0 Å². The van der Waals surface area contributed by atoms with E-state index in [2.05, 4.69) is 17.6 Å². The predicted molar refractivity (Wildman–Crippen MR) is 48.4 cm³/mol. The summed E-state index contributed by atoms with van der Waals surface area (Å²) in [5.74, 6) is 0. The van der Waals surface area contributed by atoms with Gasteiger partial charge in [0.15, 0.2) is 0 Å². The Hall–Kier alpha value is -0.0800. The molecule has 1 fully saturated rings. The molecule has 0 bridgehead atoms. The molecule has 1 rings (SSSR count). The average Bonchev–Trinajstić information content (AvgIpc) is 2.42. The number of likely N-dealkylation sites (N-methyl/N-ethyl adjacent to an activating group) is 1. The summed E-state index contributed by atoms with van der Waals surface area (Å²) in [5.41, 5.74) is 0.375. The SMILES string of the molecule is CC.CNC1(C)CCNC1.[HH]. The van der Waals surface area contributed by atoms with Crippen LogP contribution in [0.3, 0.4) is 0 Å². The fourth-order valence-electron chi connectivity index (χ4n) is 1.03. The van der Waals surface area contributed by atoms with E-state index in [9.17, 15) is 0 Å². The Morgan fingerprint density at radius 3 is 2.30 bits per heavy atom. The maximum Gasteiger partial charge on any atom is 0.0287 e. The molecular formula is C8H22N2. The first-order chi connectivity index (χ1) is 4.77. The third kappa shape index (κ3) is 2.67. The molecule has 10 heavy (non-hydrogen) atoms. The minimum absolute atomic E-state index is 0. The molecule has 0 aliphatic carbocycles. The maximum absolute atomic E-state index is 3.30.